The predicted octanol–water partition coefficient (Wildman–Crippen LogP) is 1.52. The summed E-state index contributed by atoms with van der Waals surface area (Å²) >= 11 is 0. The first-order valence-electron chi connectivity index (χ1n) is 5.80. The standard InChI is InChI=1S/C14H12N2O4/c17-8-9-1-3-10(4-2-9)13(18)16-11-5-6-12(14(19)20)15-7-11/h1-7,17H,8H2,(H,16,18)(H,19,20). The Balaban J connectivity index is 2.08. The summed E-state index contributed by atoms with van der Waals surface area (Å²) in [5.41, 5.74) is 1.47. The smallest absolute Gasteiger partial charge is 0.354 e. The molecule has 6 nitrogen and oxygen atoms in total. The highest BCUT2D eigenvalue weighted by molar-refractivity contribution is 6.04. The van der Waals surface area contributed by atoms with Gasteiger partial charge in [0.15, 0.2) is 0 Å². The molecule has 1 amide bonds. The molecular formula is C14H12N2O4. The van der Waals surface area contributed by atoms with Crippen molar-refractivity contribution in [3.8, 4) is 0 Å². The van der Waals surface area contributed by atoms with E-state index in [-0.39, 0.29) is 18.2 Å². The van der Waals surface area contributed by atoms with Crippen LogP contribution in [-0.2, 0) is 6.61 Å². The van der Waals surface area contributed by atoms with Gasteiger partial charge in [0.2, 0.25) is 0 Å². The van der Waals surface area contributed by atoms with Crippen molar-refractivity contribution in [3.05, 3.63) is 59.4 Å². The Morgan fingerprint density at radius 2 is 1.80 bits per heavy atom. The lowest BCUT2D eigenvalue weighted by Gasteiger charge is -2.05. The number of nitrogens with one attached hydrogen (secondary N) is 1. The van der Waals surface area contributed by atoms with Crippen LogP contribution in [0.5, 0.6) is 0 Å². The third-order valence-electron chi connectivity index (χ3n) is 2.64. The summed E-state index contributed by atoms with van der Waals surface area (Å²) in [6, 6.07) is 9.28. The number of carbonyl (C=O) groups excluding carboxylic acids is 1. The molecule has 1 heterocycles. The van der Waals surface area contributed by atoms with Crippen LogP contribution in [0.3, 0.4) is 0 Å². The average molecular weight is 272 g/mol. The van der Waals surface area contributed by atoms with Gasteiger partial charge >= 0.3 is 5.97 Å². The van der Waals surface area contributed by atoms with E-state index in [4.69, 9.17) is 10.2 Å². The summed E-state index contributed by atoms with van der Waals surface area (Å²) in [7, 11) is 0. The first-order valence-corrected chi connectivity index (χ1v) is 5.80. The van der Waals surface area contributed by atoms with Crippen molar-refractivity contribution in [3.63, 3.8) is 0 Å². The molecule has 20 heavy (non-hydrogen) atoms. The van der Waals surface area contributed by atoms with Gasteiger partial charge in [-0.1, -0.05) is 12.1 Å². The van der Waals surface area contributed by atoms with Gasteiger partial charge in [-0.3, -0.25) is 4.79 Å². The van der Waals surface area contributed by atoms with Crippen LogP contribution in [0.15, 0.2) is 42.6 Å². The van der Waals surface area contributed by atoms with Crippen molar-refractivity contribution in [2.45, 2.75) is 6.61 Å². The fraction of sp³-hybridized carbons (Fsp3) is 0.0714. The van der Waals surface area contributed by atoms with E-state index in [1.165, 1.54) is 18.3 Å². The molecule has 0 saturated heterocycles. The Hall–Kier alpha value is -2.73. The highest BCUT2D eigenvalue weighted by Gasteiger charge is 2.08. The summed E-state index contributed by atoms with van der Waals surface area (Å²) in [5.74, 6) is -1.46. The third-order valence-corrected chi connectivity index (χ3v) is 2.64. The van der Waals surface area contributed by atoms with Gasteiger partial charge in [0.1, 0.15) is 5.69 Å². The molecule has 3 N–H and O–H groups in total. The van der Waals surface area contributed by atoms with Gasteiger partial charge in [0.05, 0.1) is 18.5 Å². The van der Waals surface area contributed by atoms with Gasteiger partial charge in [-0.05, 0) is 29.8 Å². The summed E-state index contributed by atoms with van der Waals surface area (Å²) in [6.45, 7) is -0.0809. The predicted molar refractivity (Wildman–Crippen MR) is 71.5 cm³/mol. The number of carbonyl (C=O) groups is 2. The largest absolute Gasteiger partial charge is 0.477 e. The number of anilines is 1. The van der Waals surface area contributed by atoms with Crippen molar-refractivity contribution in [2.75, 3.05) is 5.32 Å². The van der Waals surface area contributed by atoms with E-state index in [0.29, 0.717) is 16.8 Å². The zero-order chi connectivity index (χ0) is 14.5. The molecule has 0 aliphatic heterocycles. The molecule has 0 bridgehead atoms. The number of rotatable bonds is 4. The number of aromatic nitrogens is 1. The number of pyridine rings is 1. The van der Waals surface area contributed by atoms with Gasteiger partial charge in [0, 0.05) is 5.56 Å². The third kappa shape index (κ3) is 3.18. The number of aliphatic hydroxyl groups is 1. The van der Waals surface area contributed by atoms with Crippen LogP contribution in [0, 0.1) is 0 Å². The molecule has 0 aliphatic carbocycles. The zero-order valence-corrected chi connectivity index (χ0v) is 10.4. The van der Waals surface area contributed by atoms with Gasteiger partial charge < -0.3 is 15.5 Å². The van der Waals surface area contributed by atoms with Crippen molar-refractivity contribution in [2.24, 2.45) is 0 Å². The average Bonchev–Trinajstić information content (AvgIpc) is 2.48. The second-order valence-electron chi connectivity index (χ2n) is 4.05. The fourth-order valence-corrected chi connectivity index (χ4v) is 1.56. The maximum atomic E-state index is 11.9. The molecule has 2 rings (SSSR count). The van der Waals surface area contributed by atoms with Crippen LogP contribution in [0.25, 0.3) is 0 Å². The van der Waals surface area contributed by atoms with Crippen molar-refractivity contribution in [1.29, 1.82) is 0 Å². The molecule has 0 unspecified atom stereocenters. The molecule has 6 heteroatoms. The Bertz CT molecular complexity index is 621. The Morgan fingerprint density at radius 1 is 1.10 bits per heavy atom. The quantitative estimate of drug-likeness (QED) is 0.783. The molecule has 1 aromatic carbocycles. The number of amides is 1. The van der Waals surface area contributed by atoms with Gasteiger partial charge in [0.25, 0.3) is 5.91 Å². The minimum Gasteiger partial charge on any atom is -0.477 e. The van der Waals surface area contributed by atoms with Crippen LogP contribution in [-0.4, -0.2) is 27.1 Å². The number of nitrogens with zero attached hydrogens (tertiary/aromatic N) is 1. The first-order chi connectivity index (χ1) is 9.60. The van der Waals surface area contributed by atoms with E-state index in [0.717, 1.165) is 0 Å². The molecule has 0 fully saturated rings. The molecule has 0 spiro atoms. The second kappa shape index (κ2) is 5.94. The lowest BCUT2D eigenvalue weighted by atomic mass is 10.1. The van der Waals surface area contributed by atoms with Crippen LogP contribution in [0.1, 0.15) is 26.4 Å². The molecule has 2 aromatic rings. The van der Waals surface area contributed by atoms with Gasteiger partial charge in [-0.2, -0.15) is 0 Å². The van der Waals surface area contributed by atoms with E-state index in [9.17, 15) is 9.59 Å². The second-order valence-corrected chi connectivity index (χ2v) is 4.05. The molecule has 0 radical (unpaired) electrons. The summed E-state index contributed by atoms with van der Waals surface area (Å²) in [4.78, 5) is 26.3. The van der Waals surface area contributed by atoms with Crippen LogP contribution in [0.2, 0.25) is 0 Å². The summed E-state index contributed by atoms with van der Waals surface area (Å²) in [5, 5.41) is 20.2. The molecule has 0 saturated carbocycles. The van der Waals surface area contributed by atoms with E-state index in [2.05, 4.69) is 10.3 Å². The van der Waals surface area contributed by atoms with Crippen molar-refractivity contribution < 1.29 is 19.8 Å². The van der Waals surface area contributed by atoms with Crippen molar-refractivity contribution >= 4 is 17.6 Å². The monoisotopic (exact) mass is 272 g/mol. The van der Waals surface area contributed by atoms with Crippen LogP contribution in [0.4, 0.5) is 5.69 Å². The number of hydrogen-bond acceptors (Lipinski definition) is 4. The number of aliphatic hydroxyl groups excluding tert-OH is 1. The van der Waals surface area contributed by atoms with E-state index in [1.54, 1.807) is 24.3 Å². The number of carboxylic acids is 1. The molecule has 0 aliphatic rings. The van der Waals surface area contributed by atoms with Crippen LogP contribution < -0.4 is 5.32 Å². The van der Waals surface area contributed by atoms with E-state index in [1.807, 2.05) is 0 Å². The van der Waals surface area contributed by atoms with E-state index < -0.39 is 5.97 Å². The topological polar surface area (TPSA) is 99.5 Å². The lowest BCUT2D eigenvalue weighted by molar-refractivity contribution is 0.0690. The fourth-order valence-electron chi connectivity index (χ4n) is 1.56. The lowest BCUT2D eigenvalue weighted by Crippen LogP contribution is -2.12. The minimum absolute atomic E-state index is 0.0809. The van der Waals surface area contributed by atoms with E-state index >= 15 is 0 Å². The molecular weight excluding hydrogens is 260 g/mol. The molecule has 102 valence electrons. The van der Waals surface area contributed by atoms with Crippen LogP contribution >= 0.6 is 0 Å². The SMILES string of the molecule is O=C(Nc1ccc(C(=O)O)nc1)c1ccc(CO)cc1. The number of benzene rings is 1. The maximum Gasteiger partial charge on any atom is 0.354 e. The first kappa shape index (κ1) is 13.7. The number of aromatic carboxylic acids is 1. The summed E-state index contributed by atoms with van der Waals surface area (Å²) in [6.07, 6.45) is 1.28. The summed E-state index contributed by atoms with van der Waals surface area (Å²) < 4.78 is 0. The van der Waals surface area contributed by atoms with Crippen molar-refractivity contribution in [1.82, 2.24) is 4.98 Å². The highest BCUT2D eigenvalue weighted by atomic mass is 16.4. The molecule has 0 atom stereocenters. The Labute approximate surface area is 114 Å². The number of carboxylic acid groups (broad SMARTS) is 1. The Morgan fingerprint density at radius 3 is 2.30 bits per heavy atom. The van der Waals surface area contributed by atoms with Gasteiger partial charge in [-0.25, -0.2) is 9.78 Å². The minimum atomic E-state index is -1.12. The zero-order valence-electron chi connectivity index (χ0n) is 10.4. The van der Waals surface area contributed by atoms with Gasteiger partial charge in [-0.15, -0.1) is 0 Å². The molecule has 1 aromatic heterocycles. The highest BCUT2D eigenvalue weighted by Crippen LogP contribution is 2.10. The number of hydrogen-bond donors (Lipinski definition) is 3. The Kier molecular flexibility index (Phi) is 4.07. The normalized spacial score (nSPS) is 10.1. The maximum absolute atomic E-state index is 11.9.